The van der Waals surface area contributed by atoms with E-state index in [1.165, 1.54) is 0 Å². The molecule has 1 fully saturated rings. The number of amides is 1. The largest absolute Gasteiger partial charge is 0.385 e. The Bertz CT molecular complexity index is 630. The second-order valence-electron chi connectivity index (χ2n) is 7.13. The number of hydrogen-bond acceptors (Lipinski definition) is 5. The van der Waals surface area contributed by atoms with Crippen LogP contribution in [0.3, 0.4) is 0 Å². The van der Waals surface area contributed by atoms with Crippen molar-refractivity contribution in [3.8, 4) is 0 Å². The van der Waals surface area contributed by atoms with Crippen molar-refractivity contribution in [2.24, 2.45) is 12.0 Å². The average Bonchev–Trinajstić information content (AvgIpc) is 2.88. The lowest BCUT2D eigenvalue weighted by molar-refractivity contribution is -0.130. The van der Waals surface area contributed by atoms with E-state index in [1.54, 1.807) is 7.11 Å². The van der Waals surface area contributed by atoms with Gasteiger partial charge in [0.1, 0.15) is 12.4 Å². The summed E-state index contributed by atoms with van der Waals surface area (Å²) in [7, 11) is 3.64. The minimum atomic E-state index is 0.293. The lowest BCUT2D eigenvalue weighted by Crippen LogP contribution is -2.40. The fourth-order valence-electron chi connectivity index (χ4n) is 3.09. The van der Waals surface area contributed by atoms with Gasteiger partial charge in [-0.2, -0.15) is 0 Å². The molecule has 1 aliphatic rings. The second-order valence-corrected chi connectivity index (χ2v) is 7.13. The third kappa shape index (κ3) is 7.46. The summed E-state index contributed by atoms with van der Waals surface area (Å²) in [5.74, 6) is 2.74. The van der Waals surface area contributed by atoms with Gasteiger partial charge in [0.2, 0.25) is 5.91 Å². The van der Waals surface area contributed by atoms with Gasteiger partial charge in [-0.25, -0.2) is 4.99 Å². The van der Waals surface area contributed by atoms with Gasteiger partial charge in [-0.15, -0.1) is 10.2 Å². The lowest BCUT2D eigenvalue weighted by atomic mass is 10.2. The van der Waals surface area contributed by atoms with E-state index in [0.29, 0.717) is 25.5 Å². The first-order valence-electron chi connectivity index (χ1n) is 10.3. The number of aromatic nitrogens is 3. The third-order valence-electron chi connectivity index (χ3n) is 4.95. The van der Waals surface area contributed by atoms with Crippen LogP contribution in [0.2, 0.25) is 0 Å². The Morgan fingerprint density at radius 1 is 1.18 bits per heavy atom. The summed E-state index contributed by atoms with van der Waals surface area (Å²) in [6, 6.07) is 0. The molecule has 0 aromatic carbocycles. The van der Waals surface area contributed by atoms with Crippen LogP contribution in [0.25, 0.3) is 0 Å². The molecular weight excluding hydrogens is 358 g/mol. The van der Waals surface area contributed by atoms with Crippen LogP contribution in [0.5, 0.6) is 0 Å². The highest BCUT2D eigenvalue weighted by molar-refractivity contribution is 5.79. The van der Waals surface area contributed by atoms with E-state index in [1.807, 2.05) is 23.4 Å². The van der Waals surface area contributed by atoms with Gasteiger partial charge < -0.3 is 24.8 Å². The minimum Gasteiger partial charge on any atom is -0.385 e. The van der Waals surface area contributed by atoms with Gasteiger partial charge in [-0.05, 0) is 32.6 Å². The lowest BCUT2D eigenvalue weighted by Gasteiger charge is -2.21. The maximum Gasteiger partial charge on any atom is 0.222 e. The monoisotopic (exact) mass is 393 g/mol. The van der Waals surface area contributed by atoms with E-state index >= 15 is 0 Å². The van der Waals surface area contributed by atoms with Crippen LogP contribution in [-0.2, 0) is 23.1 Å². The number of carbonyl (C=O) groups is 1. The van der Waals surface area contributed by atoms with Crippen LogP contribution < -0.4 is 10.6 Å². The molecule has 2 heterocycles. The second kappa shape index (κ2) is 12.3. The first-order valence-corrected chi connectivity index (χ1v) is 10.3. The van der Waals surface area contributed by atoms with Crippen LogP contribution >= 0.6 is 0 Å². The summed E-state index contributed by atoms with van der Waals surface area (Å²) >= 11 is 0. The van der Waals surface area contributed by atoms with Crippen molar-refractivity contribution in [1.82, 2.24) is 30.3 Å². The van der Waals surface area contributed by atoms with Crippen molar-refractivity contribution >= 4 is 11.9 Å². The maximum absolute atomic E-state index is 12.1. The first kappa shape index (κ1) is 22.1. The van der Waals surface area contributed by atoms with Crippen molar-refractivity contribution in [2.45, 2.75) is 52.0 Å². The Labute approximate surface area is 167 Å². The van der Waals surface area contributed by atoms with Gasteiger partial charge in [0, 0.05) is 53.4 Å². The van der Waals surface area contributed by atoms with E-state index in [0.717, 1.165) is 75.9 Å². The predicted molar refractivity (Wildman–Crippen MR) is 109 cm³/mol. The number of methoxy groups -OCH3 is 1. The van der Waals surface area contributed by atoms with E-state index in [-0.39, 0.29) is 0 Å². The van der Waals surface area contributed by atoms with Crippen molar-refractivity contribution in [3.63, 3.8) is 0 Å². The number of hydrogen-bond donors (Lipinski definition) is 2. The normalized spacial score (nSPS) is 15.6. The summed E-state index contributed by atoms with van der Waals surface area (Å²) in [6.07, 6.45) is 5.79. The fourth-order valence-corrected chi connectivity index (χ4v) is 3.09. The zero-order chi connectivity index (χ0) is 20.2. The molecule has 1 aromatic heterocycles. The van der Waals surface area contributed by atoms with Crippen LogP contribution in [-0.4, -0.2) is 71.4 Å². The molecule has 0 bridgehead atoms. The Morgan fingerprint density at radius 2 is 1.96 bits per heavy atom. The van der Waals surface area contributed by atoms with E-state index < -0.39 is 0 Å². The van der Waals surface area contributed by atoms with Gasteiger partial charge >= 0.3 is 0 Å². The molecule has 158 valence electrons. The SMILES string of the molecule is COCCCNC(=NCc1nnc(C)n1C)NCCCN1CCCCCC1=O. The van der Waals surface area contributed by atoms with Crippen LogP contribution in [0.1, 0.15) is 50.2 Å². The minimum absolute atomic E-state index is 0.293. The van der Waals surface area contributed by atoms with Crippen LogP contribution in [0, 0.1) is 6.92 Å². The highest BCUT2D eigenvalue weighted by Crippen LogP contribution is 2.11. The van der Waals surface area contributed by atoms with Crippen molar-refractivity contribution < 1.29 is 9.53 Å². The van der Waals surface area contributed by atoms with Gasteiger partial charge in [0.05, 0.1) is 0 Å². The molecule has 0 aliphatic carbocycles. The van der Waals surface area contributed by atoms with Gasteiger partial charge in [0.25, 0.3) is 0 Å². The van der Waals surface area contributed by atoms with Gasteiger partial charge in [-0.3, -0.25) is 4.79 Å². The number of guanidine groups is 1. The highest BCUT2D eigenvalue weighted by atomic mass is 16.5. The molecule has 0 radical (unpaired) electrons. The molecule has 0 unspecified atom stereocenters. The highest BCUT2D eigenvalue weighted by Gasteiger charge is 2.15. The quantitative estimate of drug-likeness (QED) is 0.350. The van der Waals surface area contributed by atoms with E-state index in [4.69, 9.17) is 4.74 Å². The van der Waals surface area contributed by atoms with Crippen molar-refractivity contribution in [3.05, 3.63) is 11.6 Å². The molecule has 1 amide bonds. The third-order valence-corrected chi connectivity index (χ3v) is 4.95. The average molecular weight is 394 g/mol. The molecule has 0 atom stereocenters. The molecule has 0 spiro atoms. The number of rotatable bonds is 10. The van der Waals surface area contributed by atoms with Crippen LogP contribution in [0.15, 0.2) is 4.99 Å². The van der Waals surface area contributed by atoms with E-state index in [9.17, 15) is 4.79 Å². The number of aliphatic imine (C=N–C) groups is 1. The molecule has 9 heteroatoms. The predicted octanol–water partition coefficient (Wildman–Crippen LogP) is 0.988. The van der Waals surface area contributed by atoms with Crippen molar-refractivity contribution in [1.29, 1.82) is 0 Å². The van der Waals surface area contributed by atoms with Crippen molar-refractivity contribution in [2.75, 3.05) is 39.9 Å². The number of likely N-dealkylation sites (tertiary alicyclic amines) is 1. The number of aryl methyl sites for hydroxylation is 1. The molecule has 0 saturated carbocycles. The zero-order valence-electron chi connectivity index (χ0n) is 17.5. The summed E-state index contributed by atoms with van der Waals surface area (Å²) in [6.45, 7) is 6.32. The molecule has 1 saturated heterocycles. The molecule has 1 aliphatic heterocycles. The number of carbonyl (C=O) groups excluding carboxylic acids is 1. The maximum atomic E-state index is 12.1. The molecular formula is C19H35N7O2. The standard InChI is InChI=1S/C19H35N7O2/c1-16-23-24-17(25(16)2)15-22-19(21-11-8-14-28-3)20-10-7-13-26-12-6-4-5-9-18(26)27/h4-15H2,1-3H3,(H2,20,21,22). The molecule has 28 heavy (non-hydrogen) atoms. The molecule has 2 N–H and O–H groups in total. The Balaban J connectivity index is 1.81. The number of nitrogens with zero attached hydrogens (tertiary/aromatic N) is 5. The molecule has 1 aromatic rings. The summed E-state index contributed by atoms with van der Waals surface area (Å²) < 4.78 is 7.04. The first-order chi connectivity index (χ1) is 13.6. The van der Waals surface area contributed by atoms with Gasteiger partial charge in [0.15, 0.2) is 11.8 Å². The number of nitrogens with one attached hydrogen (secondary N) is 2. The Hall–Kier alpha value is -2.16. The Kier molecular flexibility index (Phi) is 9.74. The molecule has 2 rings (SSSR count). The summed E-state index contributed by atoms with van der Waals surface area (Å²) in [5, 5.41) is 14.9. The fraction of sp³-hybridized carbons (Fsp3) is 0.789. The van der Waals surface area contributed by atoms with Crippen LogP contribution in [0.4, 0.5) is 0 Å². The van der Waals surface area contributed by atoms with E-state index in [2.05, 4.69) is 25.8 Å². The summed E-state index contributed by atoms with van der Waals surface area (Å²) in [5.41, 5.74) is 0. The summed E-state index contributed by atoms with van der Waals surface area (Å²) in [4.78, 5) is 18.7. The zero-order valence-corrected chi connectivity index (χ0v) is 17.5. The molecule has 9 nitrogen and oxygen atoms in total. The topological polar surface area (TPSA) is 96.7 Å². The number of ether oxygens (including phenoxy) is 1. The Morgan fingerprint density at radius 3 is 2.68 bits per heavy atom. The smallest absolute Gasteiger partial charge is 0.222 e. The van der Waals surface area contributed by atoms with Gasteiger partial charge in [-0.1, -0.05) is 6.42 Å².